The van der Waals surface area contributed by atoms with E-state index in [1.165, 1.54) is 6.20 Å². The van der Waals surface area contributed by atoms with Gasteiger partial charge in [-0.25, -0.2) is 4.79 Å². The molecule has 3 aromatic carbocycles. The predicted octanol–water partition coefficient (Wildman–Crippen LogP) is 5.03. The minimum absolute atomic E-state index is 0.230. The lowest BCUT2D eigenvalue weighted by molar-refractivity contribution is 0.0163. The first kappa shape index (κ1) is 22.8. The third kappa shape index (κ3) is 4.55. The summed E-state index contributed by atoms with van der Waals surface area (Å²) in [6.07, 6.45) is 3.45. The third-order valence-electron chi connectivity index (χ3n) is 6.84. The van der Waals surface area contributed by atoms with Gasteiger partial charge in [0.05, 0.1) is 11.2 Å². The lowest BCUT2D eigenvalue weighted by atomic mass is 9.76. The highest BCUT2D eigenvalue weighted by atomic mass is 16.4. The average Bonchev–Trinajstić information content (AvgIpc) is 2.87. The van der Waals surface area contributed by atoms with E-state index in [4.69, 9.17) is 0 Å². The zero-order valence-corrected chi connectivity index (χ0v) is 19.4. The fourth-order valence-corrected chi connectivity index (χ4v) is 5.16. The molecule has 5 rings (SSSR count). The Morgan fingerprint density at radius 2 is 1.49 bits per heavy atom. The summed E-state index contributed by atoms with van der Waals surface area (Å²) in [6.45, 7) is 0.416. The van der Waals surface area contributed by atoms with Gasteiger partial charge < -0.3 is 14.8 Å². The van der Waals surface area contributed by atoms with E-state index in [1.807, 2.05) is 77.4 Å². The minimum atomic E-state index is -1.41. The van der Waals surface area contributed by atoms with Crippen LogP contribution < -0.4 is 5.43 Å². The molecule has 1 atom stereocenters. The SMILES string of the molecule is O=C(O)c1cn(Cc2ccc(-c3ccccc3)cc2)c2c(c1=O)C(O)(Cc1ccccc1)CCC2. The summed E-state index contributed by atoms with van der Waals surface area (Å²) >= 11 is 0. The Balaban J connectivity index is 1.55. The Morgan fingerprint density at radius 1 is 0.857 bits per heavy atom. The smallest absolute Gasteiger partial charge is 0.341 e. The number of carboxylic acids is 1. The molecule has 0 saturated carbocycles. The first-order valence-corrected chi connectivity index (χ1v) is 11.9. The van der Waals surface area contributed by atoms with E-state index >= 15 is 0 Å². The second kappa shape index (κ2) is 9.35. The van der Waals surface area contributed by atoms with Gasteiger partial charge in [0, 0.05) is 24.9 Å². The Labute approximate surface area is 203 Å². The molecule has 1 unspecified atom stereocenters. The van der Waals surface area contributed by atoms with Crippen molar-refractivity contribution in [3.8, 4) is 11.1 Å². The molecule has 1 heterocycles. The van der Waals surface area contributed by atoms with Crippen molar-refractivity contribution in [2.45, 2.75) is 37.8 Å². The highest BCUT2D eigenvalue weighted by Crippen LogP contribution is 2.36. The Morgan fingerprint density at radius 3 is 2.14 bits per heavy atom. The van der Waals surface area contributed by atoms with Crippen LogP contribution >= 0.6 is 0 Å². The predicted molar refractivity (Wildman–Crippen MR) is 136 cm³/mol. The summed E-state index contributed by atoms with van der Waals surface area (Å²) in [4.78, 5) is 25.3. The van der Waals surface area contributed by atoms with Crippen LogP contribution in [0.4, 0.5) is 0 Å². The molecule has 0 saturated heterocycles. The monoisotopic (exact) mass is 465 g/mol. The molecule has 0 aliphatic heterocycles. The topological polar surface area (TPSA) is 79.5 Å². The van der Waals surface area contributed by atoms with E-state index in [0.29, 0.717) is 19.4 Å². The first-order valence-electron chi connectivity index (χ1n) is 11.9. The number of nitrogens with zero attached hydrogens (tertiary/aromatic N) is 1. The van der Waals surface area contributed by atoms with Crippen LogP contribution in [0.2, 0.25) is 0 Å². The molecule has 1 aliphatic rings. The van der Waals surface area contributed by atoms with Crippen LogP contribution in [0.1, 0.15) is 45.6 Å². The van der Waals surface area contributed by atoms with Crippen molar-refractivity contribution in [1.29, 1.82) is 0 Å². The number of benzene rings is 3. The minimum Gasteiger partial charge on any atom is -0.477 e. The highest BCUT2D eigenvalue weighted by molar-refractivity contribution is 5.87. The molecule has 176 valence electrons. The van der Waals surface area contributed by atoms with Crippen molar-refractivity contribution in [1.82, 2.24) is 4.57 Å². The van der Waals surface area contributed by atoms with Gasteiger partial charge in [0.15, 0.2) is 0 Å². The highest BCUT2D eigenvalue weighted by Gasteiger charge is 2.39. The molecule has 4 aromatic rings. The van der Waals surface area contributed by atoms with Gasteiger partial charge in [-0.15, -0.1) is 0 Å². The van der Waals surface area contributed by atoms with Crippen molar-refractivity contribution in [2.75, 3.05) is 0 Å². The van der Waals surface area contributed by atoms with Gasteiger partial charge in [-0.2, -0.15) is 0 Å². The third-order valence-corrected chi connectivity index (χ3v) is 6.84. The van der Waals surface area contributed by atoms with Crippen LogP contribution in [-0.2, 0) is 25.0 Å². The van der Waals surface area contributed by atoms with Gasteiger partial charge in [-0.1, -0.05) is 84.9 Å². The summed E-state index contributed by atoms with van der Waals surface area (Å²) in [5.41, 5.74) is 2.77. The summed E-state index contributed by atoms with van der Waals surface area (Å²) in [5.74, 6) is -1.28. The quantitative estimate of drug-likeness (QED) is 0.419. The number of hydrogen-bond acceptors (Lipinski definition) is 3. The van der Waals surface area contributed by atoms with Crippen molar-refractivity contribution >= 4 is 5.97 Å². The lowest BCUT2D eigenvalue weighted by Gasteiger charge is -2.36. The van der Waals surface area contributed by atoms with Crippen LogP contribution in [0, 0.1) is 0 Å². The molecule has 0 spiro atoms. The molecule has 35 heavy (non-hydrogen) atoms. The number of fused-ring (bicyclic) bond motifs is 1. The Kier molecular flexibility index (Phi) is 6.10. The summed E-state index contributed by atoms with van der Waals surface area (Å²) < 4.78 is 1.84. The normalized spacial score (nSPS) is 17.1. The largest absolute Gasteiger partial charge is 0.477 e. The maximum Gasteiger partial charge on any atom is 0.341 e. The molecule has 1 aromatic heterocycles. The van der Waals surface area contributed by atoms with Gasteiger partial charge >= 0.3 is 5.97 Å². The second-order valence-corrected chi connectivity index (χ2v) is 9.24. The van der Waals surface area contributed by atoms with Gasteiger partial charge in [0.1, 0.15) is 5.56 Å². The molecular weight excluding hydrogens is 438 g/mol. The van der Waals surface area contributed by atoms with E-state index in [9.17, 15) is 19.8 Å². The maximum absolute atomic E-state index is 13.3. The van der Waals surface area contributed by atoms with Crippen LogP contribution in [0.15, 0.2) is 95.9 Å². The van der Waals surface area contributed by atoms with Crippen molar-refractivity contribution in [3.63, 3.8) is 0 Å². The number of carboxylic acid groups (broad SMARTS) is 1. The van der Waals surface area contributed by atoms with E-state index in [1.54, 1.807) is 0 Å². The number of rotatable bonds is 6. The Hall–Kier alpha value is -3.96. The van der Waals surface area contributed by atoms with Crippen LogP contribution in [0.3, 0.4) is 0 Å². The van der Waals surface area contributed by atoms with E-state index < -0.39 is 17.0 Å². The molecule has 5 heteroatoms. The standard InChI is InChI=1S/C30H27NO4/c32-28-25(29(33)34)20-31(19-22-13-15-24(16-14-22)23-10-5-2-6-11-23)26-12-7-17-30(35,27(26)28)18-21-8-3-1-4-9-21/h1-6,8-11,13-16,20,35H,7,12,17-19H2,(H,33,34). The summed E-state index contributed by atoms with van der Waals surface area (Å²) in [5, 5.41) is 21.5. The number of aliphatic hydroxyl groups is 1. The van der Waals surface area contributed by atoms with E-state index in [2.05, 4.69) is 12.1 Å². The molecule has 5 nitrogen and oxygen atoms in total. The number of carbonyl (C=O) groups is 1. The lowest BCUT2D eigenvalue weighted by Crippen LogP contribution is -2.42. The molecular formula is C30H27NO4. The Bertz CT molecular complexity index is 1410. The van der Waals surface area contributed by atoms with Gasteiger partial charge in [-0.05, 0) is 41.5 Å². The fraction of sp³-hybridized carbons (Fsp3) is 0.200. The number of hydrogen-bond donors (Lipinski definition) is 2. The second-order valence-electron chi connectivity index (χ2n) is 9.24. The van der Waals surface area contributed by atoms with E-state index in [0.717, 1.165) is 34.4 Å². The van der Waals surface area contributed by atoms with Crippen LogP contribution in [0.5, 0.6) is 0 Å². The number of aromatic carboxylic acids is 1. The van der Waals surface area contributed by atoms with Gasteiger partial charge in [-0.3, -0.25) is 4.79 Å². The summed E-state index contributed by atoms with van der Waals surface area (Å²) in [7, 11) is 0. The van der Waals surface area contributed by atoms with Crippen LogP contribution in [-0.4, -0.2) is 20.7 Å². The molecule has 1 aliphatic carbocycles. The first-order chi connectivity index (χ1) is 16.9. The van der Waals surface area contributed by atoms with Crippen molar-refractivity contribution in [2.24, 2.45) is 0 Å². The number of aromatic nitrogens is 1. The molecule has 0 fully saturated rings. The van der Waals surface area contributed by atoms with Crippen molar-refractivity contribution in [3.05, 3.63) is 129 Å². The fourth-order valence-electron chi connectivity index (χ4n) is 5.16. The molecule has 0 radical (unpaired) electrons. The zero-order valence-electron chi connectivity index (χ0n) is 19.4. The zero-order chi connectivity index (χ0) is 24.4. The molecule has 0 bridgehead atoms. The maximum atomic E-state index is 13.3. The van der Waals surface area contributed by atoms with Gasteiger partial charge in [0.2, 0.25) is 5.43 Å². The molecule has 2 N–H and O–H groups in total. The molecule has 0 amide bonds. The average molecular weight is 466 g/mol. The van der Waals surface area contributed by atoms with Crippen LogP contribution in [0.25, 0.3) is 11.1 Å². The van der Waals surface area contributed by atoms with Gasteiger partial charge in [0.25, 0.3) is 0 Å². The number of pyridine rings is 1. The summed E-state index contributed by atoms with van der Waals surface area (Å²) in [6, 6.07) is 27.8. The van der Waals surface area contributed by atoms with Crippen molar-refractivity contribution < 1.29 is 15.0 Å². The van der Waals surface area contributed by atoms with E-state index in [-0.39, 0.29) is 17.5 Å².